The molecule has 3 N–H and O–H groups in total. The molecule has 7 heteroatoms. The van der Waals surface area contributed by atoms with E-state index in [4.69, 9.17) is 10.5 Å². The number of nitrogens with one attached hydrogen (secondary N) is 1. The number of para-hydroxylation sites is 2. The van der Waals surface area contributed by atoms with Gasteiger partial charge < -0.3 is 20.7 Å². The third-order valence-electron chi connectivity index (χ3n) is 4.02. The summed E-state index contributed by atoms with van der Waals surface area (Å²) in [6.45, 7) is 7.03. The predicted octanol–water partition coefficient (Wildman–Crippen LogP) is 2.71. The van der Waals surface area contributed by atoms with Crippen molar-refractivity contribution in [1.82, 2.24) is 15.3 Å². The van der Waals surface area contributed by atoms with E-state index in [9.17, 15) is 4.79 Å². The standard InChI is InChI=1S/C18H25N5O2/c1-18(2,3)25-17(24)20-12-7-6-10-23(11-12)16-15(19)21-13-8-4-5-9-14(13)22-16/h4-5,8-9,12H,6-7,10-11H2,1-3H3,(H2,19,21)(H,20,24). The summed E-state index contributed by atoms with van der Waals surface area (Å²) >= 11 is 0. The highest BCUT2D eigenvalue weighted by atomic mass is 16.6. The molecule has 25 heavy (non-hydrogen) atoms. The van der Waals surface area contributed by atoms with Crippen molar-refractivity contribution in [3.05, 3.63) is 24.3 Å². The van der Waals surface area contributed by atoms with Gasteiger partial charge in [-0.25, -0.2) is 14.8 Å². The summed E-state index contributed by atoms with van der Waals surface area (Å²) in [4.78, 5) is 23.2. The van der Waals surface area contributed by atoms with Gasteiger partial charge in [-0.15, -0.1) is 0 Å². The van der Waals surface area contributed by atoms with Gasteiger partial charge in [0.25, 0.3) is 0 Å². The van der Waals surface area contributed by atoms with Gasteiger partial charge in [0.1, 0.15) is 5.60 Å². The van der Waals surface area contributed by atoms with E-state index >= 15 is 0 Å². The molecular formula is C18H25N5O2. The lowest BCUT2D eigenvalue weighted by Gasteiger charge is -2.34. The van der Waals surface area contributed by atoms with Gasteiger partial charge in [0, 0.05) is 19.1 Å². The molecule has 1 amide bonds. The number of nitrogens with two attached hydrogens (primary N) is 1. The van der Waals surface area contributed by atoms with Crippen molar-refractivity contribution < 1.29 is 9.53 Å². The van der Waals surface area contributed by atoms with E-state index in [0.29, 0.717) is 18.2 Å². The normalized spacial score (nSPS) is 18.2. The topological polar surface area (TPSA) is 93.4 Å². The fourth-order valence-electron chi connectivity index (χ4n) is 3.00. The minimum atomic E-state index is -0.507. The first kappa shape index (κ1) is 17.3. The maximum atomic E-state index is 12.0. The van der Waals surface area contributed by atoms with Crippen LogP contribution in [-0.4, -0.2) is 40.8 Å². The van der Waals surface area contributed by atoms with E-state index in [1.165, 1.54) is 0 Å². The van der Waals surface area contributed by atoms with Crippen LogP contribution in [0, 0.1) is 0 Å². The Hall–Kier alpha value is -2.57. The van der Waals surface area contributed by atoms with Crippen LogP contribution in [0.5, 0.6) is 0 Å². The fraction of sp³-hybridized carbons (Fsp3) is 0.500. The lowest BCUT2D eigenvalue weighted by atomic mass is 10.1. The maximum Gasteiger partial charge on any atom is 0.407 e. The molecule has 1 aromatic heterocycles. The Morgan fingerprint density at radius 2 is 1.96 bits per heavy atom. The van der Waals surface area contributed by atoms with Crippen molar-refractivity contribution >= 4 is 28.8 Å². The number of nitrogens with zero attached hydrogens (tertiary/aromatic N) is 3. The predicted molar refractivity (Wildman–Crippen MR) is 98.6 cm³/mol. The second kappa shape index (κ2) is 6.74. The monoisotopic (exact) mass is 343 g/mol. The van der Waals surface area contributed by atoms with Crippen molar-refractivity contribution in [3.63, 3.8) is 0 Å². The van der Waals surface area contributed by atoms with Crippen molar-refractivity contribution in [1.29, 1.82) is 0 Å². The highest BCUT2D eigenvalue weighted by Gasteiger charge is 2.26. The molecule has 2 heterocycles. The summed E-state index contributed by atoms with van der Waals surface area (Å²) in [5.74, 6) is 1.09. The number of carbonyl (C=O) groups excluding carboxylic acids is 1. The van der Waals surface area contributed by atoms with E-state index in [0.717, 1.165) is 30.4 Å². The first-order valence-corrected chi connectivity index (χ1v) is 8.58. The summed E-state index contributed by atoms with van der Waals surface area (Å²) in [6.07, 6.45) is 1.45. The summed E-state index contributed by atoms with van der Waals surface area (Å²) in [5.41, 5.74) is 7.21. The summed E-state index contributed by atoms with van der Waals surface area (Å²) < 4.78 is 5.34. The maximum absolute atomic E-state index is 12.0. The van der Waals surface area contributed by atoms with E-state index in [-0.39, 0.29) is 6.04 Å². The molecule has 0 aliphatic carbocycles. The lowest BCUT2D eigenvalue weighted by molar-refractivity contribution is 0.0500. The van der Waals surface area contributed by atoms with Crippen LogP contribution in [0.3, 0.4) is 0 Å². The molecule has 0 spiro atoms. The molecule has 1 atom stereocenters. The SMILES string of the molecule is CC(C)(C)OC(=O)NC1CCCN(c2nc3ccccc3nc2N)C1. The van der Waals surface area contributed by atoms with E-state index in [2.05, 4.69) is 20.2 Å². The zero-order valence-corrected chi connectivity index (χ0v) is 15.0. The van der Waals surface area contributed by atoms with Crippen molar-refractivity contribution in [2.45, 2.75) is 45.3 Å². The Labute approximate surface area is 147 Å². The van der Waals surface area contributed by atoms with Gasteiger partial charge in [0.15, 0.2) is 11.6 Å². The molecule has 0 bridgehead atoms. The van der Waals surface area contributed by atoms with Crippen molar-refractivity contribution in [3.8, 4) is 0 Å². The molecule has 0 saturated carbocycles. The number of nitrogen functional groups attached to an aromatic ring is 1. The summed E-state index contributed by atoms with van der Waals surface area (Å²) in [7, 11) is 0. The Morgan fingerprint density at radius 3 is 2.64 bits per heavy atom. The largest absolute Gasteiger partial charge is 0.444 e. The van der Waals surface area contributed by atoms with Gasteiger partial charge in [0.2, 0.25) is 0 Å². The molecule has 1 aliphatic heterocycles. The quantitative estimate of drug-likeness (QED) is 0.871. The molecule has 3 rings (SSSR count). The van der Waals surface area contributed by atoms with E-state index in [1.807, 2.05) is 45.0 Å². The average molecular weight is 343 g/mol. The van der Waals surface area contributed by atoms with Gasteiger partial charge in [-0.2, -0.15) is 0 Å². The van der Waals surface area contributed by atoms with Crippen LogP contribution in [0.2, 0.25) is 0 Å². The second-order valence-electron chi connectivity index (χ2n) is 7.35. The zero-order valence-electron chi connectivity index (χ0n) is 15.0. The van der Waals surface area contributed by atoms with Gasteiger partial charge in [-0.3, -0.25) is 0 Å². The van der Waals surface area contributed by atoms with Crippen LogP contribution in [0.4, 0.5) is 16.4 Å². The minimum Gasteiger partial charge on any atom is -0.444 e. The van der Waals surface area contributed by atoms with Crippen LogP contribution in [0.25, 0.3) is 11.0 Å². The number of hydrogen-bond donors (Lipinski definition) is 2. The number of amides is 1. The Bertz CT molecular complexity index is 772. The molecule has 1 saturated heterocycles. The Kier molecular flexibility index (Phi) is 4.65. The molecule has 7 nitrogen and oxygen atoms in total. The molecule has 1 fully saturated rings. The number of carbonyl (C=O) groups is 1. The summed E-state index contributed by atoms with van der Waals surface area (Å²) in [5, 5.41) is 2.94. The van der Waals surface area contributed by atoms with Crippen LogP contribution in [0.15, 0.2) is 24.3 Å². The van der Waals surface area contributed by atoms with Crippen LogP contribution in [0.1, 0.15) is 33.6 Å². The third kappa shape index (κ3) is 4.29. The minimum absolute atomic E-state index is 0.00345. The molecule has 1 aromatic carbocycles. The fourth-order valence-corrected chi connectivity index (χ4v) is 3.00. The highest BCUT2D eigenvalue weighted by Crippen LogP contribution is 2.25. The number of fused-ring (bicyclic) bond motifs is 1. The van der Waals surface area contributed by atoms with Crippen LogP contribution < -0.4 is 16.0 Å². The lowest BCUT2D eigenvalue weighted by Crippen LogP contribution is -2.49. The number of rotatable bonds is 2. The number of ether oxygens (including phenoxy) is 1. The van der Waals surface area contributed by atoms with Gasteiger partial charge >= 0.3 is 6.09 Å². The van der Waals surface area contributed by atoms with Crippen molar-refractivity contribution in [2.75, 3.05) is 23.7 Å². The number of aromatic nitrogens is 2. The highest BCUT2D eigenvalue weighted by molar-refractivity contribution is 5.79. The zero-order chi connectivity index (χ0) is 18.0. The molecule has 1 unspecified atom stereocenters. The molecule has 0 radical (unpaired) electrons. The number of anilines is 2. The third-order valence-corrected chi connectivity index (χ3v) is 4.02. The second-order valence-corrected chi connectivity index (χ2v) is 7.35. The molecule has 1 aliphatic rings. The first-order chi connectivity index (χ1) is 11.8. The van der Waals surface area contributed by atoms with Crippen LogP contribution in [-0.2, 0) is 4.74 Å². The number of benzene rings is 1. The van der Waals surface area contributed by atoms with Gasteiger partial charge in [-0.1, -0.05) is 12.1 Å². The smallest absolute Gasteiger partial charge is 0.407 e. The molecular weight excluding hydrogens is 318 g/mol. The Morgan fingerprint density at radius 1 is 1.28 bits per heavy atom. The number of alkyl carbamates (subject to hydrolysis) is 1. The Balaban J connectivity index is 1.73. The van der Waals surface area contributed by atoms with Crippen molar-refractivity contribution in [2.24, 2.45) is 0 Å². The van der Waals surface area contributed by atoms with Gasteiger partial charge in [0.05, 0.1) is 11.0 Å². The summed E-state index contributed by atoms with van der Waals surface area (Å²) in [6, 6.07) is 7.66. The molecule has 134 valence electrons. The number of hydrogen-bond acceptors (Lipinski definition) is 6. The van der Waals surface area contributed by atoms with Crippen LogP contribution >= 0.6 is 0 Å². The van der Waals surface area contributed by atoms with Gasteiger partial charge in [-0.05, 0) is 45.7 Å². The first-order valence-electron chi connectivity index (χ1n) is 8.58. The molecule has 2 aromatic rings. The van der Waals surface area contributed by atoms with E-state index in [1.54, 1.807) is 0 Å². The average Bonchev–Trinajstić information content (AvgIpc) is 2.52. The van der Waals surface area contributed by atoms with E-state index < -0.39 is 11.7 Å². The number of piperidine rings is 1.